The van der Waals surface area contributed by atoms with Crippen molar-refractivity contribution < 1.29 is 27.8 Å². The first-order valence-electron chi connectivity index (χ1n) is 4.26. The van der Waals surface area contributed by atoms with Crippen LogP contribution in [0.15, 0.2) is 0 Å². The summed E-state index contributed by atoms with van der Waals surface area (Å²) in [5.41, 5.74) is 0. The van der Waals surface area contributed by atoms with Gasteiger partial charge in [0.1, 0.15) is 0 Å². The summed E-state index contributed by atoms with van der Waals surface area (Å²) < 4.78 is 41.4. The van der Waals surface area contributed by atoms with Crippen LogP contribution in [0.25, 0.3) is 0 Å². The Hall–Kier alpha value is 0.0200. The molecular weight excluding hydrogens is 221 g/mol. The SMILES string of the molecule is OOOSC1CCCCC1C(F)(F)F. The van der Waals surface area contributed by atoms with Crippen LogP contribution >= 0.6 is 12.0 Å². The van der Waals surface area contributed by atoms with Crippen LogP contribution in [-0.4, -0.2) is 16.7 Å². The van der Waals surface area contributed by atoms with Gasteiger partial charge in [0.05, 0.1) is 5.92 Å². The summed E-state index contributed by atoms with van der Waals surface area (Å²) in [4.78, 5) is 0. The molecule has 3 nitrogen and oxygen atoms in total. The Morgan fingerprint density at radius 3 is 2.43 bits per heavy atom. The molecule has 0 saturated heterocycles. The molecular formula is C7H11F3O3S. The van der Waals surface area contributed by atoms with Crippen molar-refractivity contribution in [1.29, 1.82) is 0 Å². The molecule has 1 fully saturated rings. The molecule has 1 aliphatic carbocycles. The van der Waals surface area contributed by atoms with Crippen molar-refractivity contribution in [2.45, 2.75) is 37.1 Å². The fourth-order valence-electron chi connectivity index (χ4n) is 1.65. The third kappa shape index (κ3) is 3.30. The third-order valence-corrected chi connectivity index (χ3v) is 3.27. The van der Waals surface area contributed by atoms with Crippen molar-refractivity contribution in [3.8, 4) is 0 Å². The van der Waals surface area contributed by atoms with Crippen molar-refractivity contribution in [1.82, 2.24) is 0 Å². The Bertz CT molecular complexity index is 176. The second-order valence-corrected chi connectivity index (χ2v) is 4.14. The third-order valence-electron chi connectivity index (χ3n) is 2.32. The number of rotatable bonds is 3. The minimum absolute atomic E-state index is 0.121. The van der Waals surface area contributed by atoms with Gasteiger partial charge in [0.15, 0.2) is 0 Å². The first kappa shape index (κ1) is 12.1. The highest BCUT2D eigenvalue weighted by atomic mass is 32.2. The summed E-state index contributed by atoms with van der Waals surface area (Å²) in [5, 5.41) is 10.5. The Kier molecular flexibility index (Phi) is 4.49. The first-order valence-corrected chi connectivity index (χ1v) is 5.06. The lowest BCUT2D eigenvalue weighted by atomic mass is 9.88. The molecule has 0 radical (unpaired) electrons. The van der Waals surface area contributed by atoms with Gasteiger partial charge in [0.25, 0.3) is 0 Å². The van der Waals surface area contributed by atoms with Crippen molar-refractivity contribution in [2.24, 2.45) is 5.92 Å². The molecule has 0 aromatic carbocycles. The molecule has 0 aromatic rings. The number of hydrogen-bond acceptors (Lipinski definition) is 4. The predicted octanol–water partition coefficient (Wildman–Crippen LogP) is 3.18. The van der Waals surface area contributed by atoms with Crippen LogP contribution in [0.4, 0.5) is 13.2 Å². The molecule has 0 bridgehead atoms. The quantitative estimate of drug-likeness (QED) is 0.461. The molecule has 1 rings (SSSR count). The number of halogens is 3. The van der Waals surface area contributed by atoms with E-state index in [1.165, 1.54) is 0 Å². The smallest absolute Gasteiger partial charge is 0.220 e. The molecule has 0 aromatic heterocycles. The van der Waals surface area contributed by atoms with Crippen LogP contribution in [0.2, 0.25) is 0 Å². The van der Waals surface area contributed by atoms with E-state index in [0.717, 1.165) is 6.42 Å². The standard InChI is InChI=1S/C7H11F3O3S/c8-7(9,10)5-3-1-2-4-6(5)14-13-12-11/h5-6,11H,1-4H2. The lowest BCUT2D eigenvalue weighted by molar-refractivity contribution is -0.432. The van der Waals surface area contributed by atoms with Crippen LogP contribution in [0.1, 0.15) is 25.7 Å². The molecule has 84 valence electrons. The molecule has 1 N–H and O–H groups in total. The fourth-order valence-corrected chi connectivity index (χ4v) is 2.48. The molecule has 1 saturated carbocycles. The second-order valence-electron chi connectivity index (χ2n) is 3.21. The minimum Gasteiger partial charge on any atom is -0.220 e. The van der Waals surface area contributed by atoms with Gasteiger partial charge in [-0.15, -0.1) is 4.33 Å². The molecule has 0 aliphatic heterocycles. The predicted molar refractivity (Wildman–Crippen MR) is 44.2 cm³/mol. The van der Waals surface area contributed by atoms with Crippen molar-refractivity contribution in [3.63, 3.8) is 0 Å². The van der Waals surface area contributed by atoms with Crippen LogP contribution in [0.5, 0.6) is 0 Å². The van der Waals surface area contributed by atoms with E-state index in [0.29, 0.717) is 24.9 Å². The monoisotopic (exact) mass is 232 g/mol. The maximum absolute atomic E-state index is 12.4. The second kappa shape index (κ2) is 5.20. The summed E-state index contributed by atoms with van der Waals surface area (Å²) in [6.45, 7) is 0. The highest BCUT2D eigenvalue weighted by molar-refractivity contribution is 7.95. The molecule has 0 spiro atoms. The molecule has 1 aliphatic rings. The van der Waals surface area contributed by atoms with Crippen LogP contribution in [0.3, 0.4) is 0 Å². The van der Waals surface area contributed by atoms with Crippen molar-refractivity contribution >= 4 is 12.0 Å². The Morgan fingerprint density at radius 1 is 1.21 bits per heavy atom. The van der Waals surface area contributed by atoms with Gasteiger partial charge >= 0.3 is 6.18 Å². The largest absolute Gasteiger partial charge is 0.392 e. The lowest BCUT2D eigenvalue weighted by Gasteiger charge is -2.30. The van der Waals surface area contributed by atoms with Gasteiger partial charge < -0.3 is 0 Å². The Morgan fingerprint density at radius 2 is 1.86 bits per heavy atom. The highest BCUT2D eigenvalue weighted by Gasteiger charge is 2.46. The summed E-state index contributed by atoms with van der Waals surface area (Å²) in [7, 11) is 0. The Labute approximate surface area is 83.6 Å². The molecule has 2 atom stereocenters. The highest BCUT2D eigenvalue weighted by Crippen LogP contribution is 2.43. The van der Waals surface area contributed by atoms with Crippen molar-refractivity contribution in [2.75, 3.05) is 0 Å². The molecule has 2 unspecified atom stereocenters. The van der Waals surface area contributed by atoms with E-state index in [1.807, 2.05) is 0 Å². The van der Waals surface area contributed by atoms with Gasteiger partial charge in [-0.1, -0.05) is 17.9 Å². The molecule has 7 heteroatoms. The van der Waals surface area contributed by atoms with Gasteiger partial charge in [-0.05, 0) is 12.8 Å². The van der Waals surface area contributed by atoms with Crippen LogP contribution in [0, 0.1) is 5.92 Å². The topological polar surface area (TPSA) is 38.7 Å². The van der Waals surface area contributed by atoms with E-state index >= 15 is 0 Å². The van der Waals surface area contributed by atoms with E-state index in [1.54, 1.807) is 0 Å². The maximum Gasteiger partial charge on any atom is 0.392 e. The van der Waals surface area contributed by atoms with E-state index in [-0.39, 0.29) is 6.42 Å². The minimum atomic E-state index is -4.20. The number of hydrogen-bond donors (Lipinski definition) is 1. The van der Waals surface area contributed by atoms with Crippen LogP contribution < -0.4 is 0 Å². The first-order chi connectivity index (χ1) is 6.55. The summed E-state index contributed by atoms with van der Waals surface area (Å²) in [6.07, 6.45) is -2.31. The Balaban J connectivity index is 2.50. The zero-order valence-corrected chi connectivity index (χ0v) is 8.11. The van der Waals surface area contributed by atoms with Gasteiger partial charge in [-0.3, -0.25) is 0 Å². The molecule has 0 heterocycles. The lowest BCUT2D eigenvalue weighted by Crippen LogP contribution is -2.34. The van der Waals surface area contributed by atoms with E-state index in [2.05, 4.69) is 9.37 Å². The van der Waals surface area contributed by atoms with Gasteiger partial charge in [-0.25, -0.2) is 5.26 Å². The van der Waals surface area contributed by atoms with E-state index in [4.69, 9.17) is 5.26 Å². The van der Waals surface area contributed by atoms with Gasteiger partial charge in [0, 0.05) is 17.3 Å². The van der Waals surface area contributed by atoms with E-state index < -0.39 is 17.3 Å². The fraction of sp³-hybridized carbons (Fsp3) is 1.00. The molecule has 14 heavy (non-hydrogen) atoms. The summed E-state index contributed by atoms with van der Waals surface area (Å²) in [6, 6.07) is 0. The summed E-state index contributed by atoms with van der Waals surface area (Å²) in [5.74, 6) is -1.36. The van der Waals surface area contributed by atoms with Gasteiger partial charge in [-0.2, -0.15) is 13.2 Å². The normalized spacial score (nSPS) is 29.1. The zero-order valence-electron chi connectivity index (χ0n) is 7.29. The average Bonchev–Trinajstić information content (AvgIpc) is 2.14. The van der Waals surface area contributed by atoms with Gasteiger partial charge in [0.2, 0.25) is 0 Å². The molecule has 0 amide bonds. The van der Waals surface area contributed by atoms with Crippen molar-refractivity contribution in [3.05, 3.63) is 0 Å². The number of alkyl halides is 3. The summed E-state index contributed by atoms with van der Waals surface area (Å²) >= 11 is 0.540. The average molecular weight is 232 g/mol. The maximum atomic E-state index is 12.4. The van der Waals surface area contributed by atoms with Crippen LogP contribution in [-0.2, 0) is 9.37 Å². The zero-order chi connectivity index (χ0) is 10.6. The van der Waals surface area contributed by atoms with E-state index in [9.17, 15) is 13.2 Å².